The molecule has 7 nitrogen and oxygen atoms in total. The van der Waals surface area contributed by atoms with Crippen LogP contribution >= 0.6 is 0 Å². The topological polar surface area (TPSA) is 86.8 Å². The standard InChI is InChI=1S/C27H39N3O4S/c1-8-22(6)28-27(32)25(9-2)29(17-23-13-11-10-12-21(23)5)26(31)18-30(35(7,33)34)24-15-19(3)14-20(4)16-24/h10-16,22,25H,8-9,17-18H2,1-7H3,(H,28,32)/t22-,25+/m1/s1. The van der Waals surface area contributed by atoms with Gasteiger partial charge in [0.2, 0.25) is 21.8 Å². The maximum atomic E-state index is 13.8. The number of hydrogen-bond donors (Lipinski definition) is 1. The van der Waals surface area contributed by atoms with Crippen molar-refractivity contribution in [3.05, 3.63) is 64.7 Å². The Morgan fingerprint density at radius 1 is 0.971 bits per heavy atom. The van der Waals surface area contributed by atoms with Crippen molar-refractivity contribution >= 4 is 27.5 Å². The van der Waals surface area contributed by atoms with E-state index in [1.165, 1.54) is 4.90 Å². The van der Waals surface area contributed by atoms with Crippen LogP contribution in [0.25, 0.3) is 0 Å². The van der Waals surface area contributed by atoms with Gasteiger partial charge in [0.1, 0.15) is 12.6 Å². The van der Waals surface area contributed by atoms with Crippen LogP contribution in [0.15, 0.2) is 42.5 Å². The van der Waals surface area contributed by atoms with E-state index >= 15 is 0 Å². The number of carbonyl (C=O) groups excluding carboxylic acids is 2. The Balaban J connectivity index is 2.49. The van der Waals surface area contributed by atoms with E-state index in [1.54, 1.807) is 12.1 Å². The van der Waals surface area contributed by atoms with E-state index in [9.17, 15) is 18.0 Å². The third-order valence-electron chi connectivity index (χ3n) is 6.16. The monoisotopic (exact) mass is 501 g/mol. The van der Waals surface area contributed by atoms with Crippen molar-refractivity contribution in [1.29, 1.82) is 0 Å². The van der Waals surface area contributed by atoms with Crippen molar-refractivity contribution in [2.45, 2.75) is 73.0 Å². The third kappa shape index (κ3) is 7.82. The zero-order chi connectivity index (χ0) is 26.3. The molecular weight excluding hydrogens is 462 g/mol. The number of benzene rings is 2. The van der Waals surface area contributed by atoms with E-state index in [1.807, 2.05) is 71.9 Å². The number of nitrogens with zero attached hydrogens (tertiary/aromatic N) is 2. The van der Waals surface area contributed by atoms with Crippen LogP contribution in [0.5, 0.6) is 0 Å². The van der Waals surface area contributed by atoms with E-state index in [2.05, 4.69) is 5.32 Å². The minimum absolute atomic E-state index is 0.0326. The maximum absolute atomic E-state index is 13.8. The second-order valence-electron chi connectivity index (χ2n) is 9.31. The highest BCUT2D eigenvalue weighted by Gasteiger charge is 2.32. The third-order valence-corrected chi connectivity index (χ3v) is 7.30. The van der Waals surface area contributed by atoms with Gasteiger partial charge in [0.05, 0.1) is 11.9 Å². The molecule has 0 saturated carbocycles. The number of hydrogen-bond acceptors (Lipinski definition) is 4. The highest BCUT2D eigenvalue weighted by molar-refractivity contribution is 7.92. The van der Waals surface area contributed by atoms with E-state index in [-0.39, 0.29) is 25.0 Å². The molecule has 0 saturated heterocycles. The molecule has 0 bridgehead atoms. The summed E-state index contributed by atoms with van der Waals surface area (Å²) in [4.78, 5) is 28.4. The van der Waals surface area contributed by atoms with Crippen LogP contribution in [0.3, 0.4) is 0 Å². The van der Waals surface area contributed by atoms with Gasteiger partial charge in [-0.15, -0.1) is 0 Å². The molecule has 0 unspecified atom stereocenters. The second kappa shape index (κ2) is 12.2. The van der Waals surface area contributed by atoms with E-state index in [0.29, 0.717) is 12.1 Å². The van der Waals surface area contributed by atoms with Crippen LogP contribution in [0, 0.1) is 20.8 Å². The van der Waals surface area contributed by atoms with Crippen molar-refractivity contribution in [3.8, 4) is 0 Å². The van der Waals surface area contributed by atoms with Gasteiger partial charge in [-0.3, -0.25) is 13.9 Å². The molecule has 0 fully saturated rings. The molecule has 35 heavy (non-hydrogen) atoms. The molecule has 0 aliphatic heterocycles. The molecule has 0 radical (unpaired) electrons. The van der Waals surface area contributed by atoms with Gasteiger partial charge >= 0.3 is 0 Å². The summed E-state index contributed by atoms with van der Waals surface area (Å²) in [7, 11) is -3.75. The average Bonchev–Trinajstić information content (AvgIpc) is 2.76. The molecule has 1 N–H and O–H groups in total. The number of rotatable bonds is 11. The molecule has 0 aromatic heterocycles. The van der Waals surface area contributed by atoms with Crippen LogP contribution in [0.4, 0.5) is 5.69 Å². The van der Waals surface area contributed by atoms with Gasteiger partial charge in [0, 0.05) is 12.6 Å². The van der Waals surface area contributed by atoms with Crippen LogP contribution in [0.2, 0.25) is 0 Å². The fourth-order valence-corrected chi connectivity index (χ4v) is 4.87. The minimum atomic E-state index is -3.75. The van der Waals surface area contributed by atoms with Crippen LogP contribution < -0.4 is 9.62 Å². The molecule has 2 rings (SSSR count). The Hall–Kier alpha value is -2.87. The van der Waals surface area contributed by atoms with Crippen molar-refractivity contribution in [1.82, 2.24) is 10.2 Å². The molecular formula is C27H39N3O4S. The van der Waals surface area contributed by atoms with Crippen molar-refractivity contribution in [2.75, 3.05) is 17.1 Å². The lowest BCUT2D eigenvalue weighted by Gasteiger charge is -2.33. The normalized spacial score (nSPS) is 13.1. The van der Waals surface area contributed by atoms with E-state index in [4.69, 9.17) is 0 Å². The van der Waals surface area contributed by atoms with Gasteiger partial charge in [-0.2, -0.15) is 0 Å². The fourth-order valence-electron chi connectivity index (χ4n) is 4.04. The molecule has 0 aliphatic rings. The van der Waals surface area contributed by atoms with E-state index in [0.717, 1.165) is 39.2 Å². The first-order chi connectivity index (χ1) is 16.4. The van der Waals surface area contributed by atoms with Crippen LogP contribution in [-0.4, -0.2) is 50.0 Å². The fraction of sp³-hybridized carbons (Fsp3) is 0.481. The maximum Gasteiger partial charge on any atom is 0.244 e. The number of amides is 2. The lowest BCUT2D eigenvalue weighted by Crippen LogP contribution is -2.53. The Morgan fingerprint density at radius 3 is 2.09 bits per heavy atom. The Kier molecular flexibility index (Phi) is 9.89. The second-order valence-corrected chi connectivity index (χ2v) is 11.2. The van der Waals surface area contributed by atoms with Gasteiger partial charge < -0.3 is 10.2 Å². The summed E-state index contributed by atoms with van der Waals surface area (Å²) in [6.45, 7) is 11.3. The summed E-state index contributed by atoms with van der Waals surface area (Å²) in [5, 5.41) is 2.98. The lowest BCUT2D eigenvalue weighted by molar-refractivity contribution is -0.140. The largest absolute Gasteiger partial charge is 0.352 e. The molecule has 0 heterocycles. The molecule has 2 atom stereocenters. The molecule has 2 aromatic rings. The average molecular weight is 502 g/mol. The first-order valence-electron chi connectivity index (χ1n) is 12.1. The summed E-state index contributed by atoms with van der Waals surface area (Å²) in [6.07, 6.45) is 2.27. The Morgan fingerprint density at radius 2 is 1.57 bits per heavy atom. The molecule has 2 amide bonds. The number of anilines is 1. The summed E-state index contributed by atoms with van der Waals surface area (Å²) in [6, 6.07) is 12.4. The number of carbonyl (C=O) groups is 2. The highest BCUT2D eigenvalue weighted by atomic mass is 32.2. The molecule has 0 aliphatic carbocycles. The predicted octanol–water partition coefficient (Wildman–Crippen LogP) is 4.10. The molecule has 2 aromatic carbocycles. The summed E-state index contributed by atoms with van der Waals surface area (Å²) >= 11 is 0. The first kappa shape index (κ1) is 28.4. The lowest BCUT2D eigenvalue weighted by atomic mass is 10.1. The zero-order valence-corrected chi connectivity index (χ0v) is 22.8. The summed E-state index contributed by atoms with van der Waals surface area (Å²) in [5.41, 5.74) is 4.14. The zero-order valence-electron chi connectivity index (χ0n) is 22.0. The predicted molar refractivity (Wildman–Crippen MR) is 142 cm³/mol. The van der Waals surface area contributed by atoms with Crippen molar-refractivity contribution in [2.24, 2.45) is 0 Å². The van der Waals surface area contributed by atoms with Gasteiger partial charge in [0.15, 0.2) is 0 Å². The summed E-state index contributed by atoms with van der Waals surface area (Å²) < 4.78 is 26.6. The number of sulfonamides is 1. The Labute approximate surface area is 210 Å². The number of nitrogens with one attached hydrogen (secondary N) is 1. The van der Waals surface area contributed by atoms with Gasteiger partial charge in [-0.25, -0.2) is 8.42 Å². The van der Waals surface area contributed by atoms with Crippen molar-refractivity contribution in [3.63, 3.8) is 0 Å². The van der Waals surface area contributed by atoms with Gasteiger partial charge in [0.25, 0.3) is 0 Å². The molecule has 8 heteroatoms. The first-order valence-corrected chi connectivity index (χ1v) is 13.9. The minimum Gasteiger partial charge on any atom is -0.352 e. The highest BCUT2D eigenvalue weighted by Crippen LogP contribution is 2.23. The SMILES string of the molecule is CC[C@@H](C)NC(=O)[C@H](CC)N(Cc1ccccc1C)C(=O)CN(c1cc(C)cc(C)c1)S(C)(=O)=O. The van der Waals surface area contributed by atoms with Crippen LogP contribution in [0.1, 0.15) is 55.9 Å². The van der Waals surface area contributed by atoms with Crippen LogP contribution in [-0.2, 0) is 26.2 Å². The van der Waals surface area contributed by atoms with E-state index < -0.39 is 22.0 Å². The molecule has 0 spiro atoms. The smallest absolute Gasteiger partial charge is 0.244 e. The van der Waals surface area contributed by atoms with Gasteiger partial charge in [-0.1, -0.05) is 44.2 Å². The quantitative estimate of drug-likeness (QED) is 0.502. The number of aryl methyl sites for hydroxylation is 3. The Bertz CT molecular complexity index is 1130. The van der Waals surface area contributed by atoms with Crippen molar-refractivity contribution < 1.29 is 18.0 Å². The summed E-state index contributed by atoms with van der Waals surface area (Å²) in [5.74, 6) is -0.662. The van der Waals surface area contributed by atoms with Gasteiger partial charge in [-0.05, 0) is 74.9 Å². The molecule has 192 valence electrons.